The van der Waals surface area contributed by atoms with E-state index in [0.717, 1.165) is 45.3 Å². The summed E-state index contributed by atoms with van der Waals surface area (Å²) in [6.45, 7) is 12.6. The van der Waals surface area contributed by atoms with Gasteiger partial charge in [0.15, 0.2) is 0 Å². The fourth-order valence-electron chi connectivity index (χ4n) is 8.34. The minimum Gasteiger partial charge on any atom is -0.310 e. The predicted molar refractivity (Wildman–Crippen MR) is 244 cm³/mol. The van der Waals surface area contributed by atoms with Crippen LogP contribution < -0.4 is 9.80 Å². The summed E-state index contributed by atoms with van der Waals surface area (Å²) in [7, 11) is 0. The maximum atomic E-state index is 3.96. The van der Waals surface area contributed by atoms with Gasteiger partial charge < -0.3 is 9.80 Å². The average Bonchev–Trinajstić information content (AvgIpc) is 3.50. The summed E-state index contributed by atoms with van der Waals surface area (Å²) < 4.78 is 0. The van der Waals surface area contributed by atoms with E-state index in [2.05, 4.69) is 231 Å². The van der Waals surface area contributed by atoms with Crippen molar-refractivity contribution in [2.24, 2.45) is 0 Å². The topological polar surface area (TPSA) is 6.48 Å². The molecular weight excluding hydrogens is 689 g/mol. The second-order valence-corrected chi connectivity index (χ2v) is 15.2. The van der Waals surface area contributed by atoms with Crippen LogP contribution in [0.4, 0.5) is 34.1 Å². The maximum Gasteiger partial charge on any atom is 0.0465 e. The Kier molecular flexibility index (Phi) is 9.24. The van der Waals surface area contributed by atoms with Crippen molar-refractivity contribution >= 4 is 46.3 Å². The molecular formula is C55H44N2. The van der Waals surface area contributed by atoms with E-state index < -0.39 is 0 Å². The second-order valence-electron chi connectivity index (χ2n) is 15.2. The Hall–Kier alpha value is -7.16. The molecule has 8 aromatic carbocycles. The fourth-order valence-corrected chi connectivity index (χ4v) is 8.34. The van der Waals surface area contributed by atoms with Crippen LogP contribution in [0.2, 0.25) is 0 Å². The summed E-state index contributed by atoms with van der Waals surface area (Å²) in [5.41, 5.74) is 18.6. The molecule has 9 rings (SSSR count). The van der Waals surface area contributed by atoms with Crippen molar-refractivity contribution in [3.63, 3.8) is 0 Å². The van der Waals surface area contributed by atoms with Gasteiger partial charge in [-0.05, 0) is 141 Å². The number of rotatable bonds is 10. The van der Waals surface area contributed by atoms with E-state index in [0.29, 0.717) is 0 Å². The fraction of sp³-hybridized carbons (Fsp3) is 0.0545. The molecule has 0 bridgehead atoms. The van der Waals surface area contributed by atoms with Crippen LogP contribution in [-0.2, 0) is 5.41 Å². The first-order valence-electron chi connectivity index (χ1n) is 19.6. The largest absolute Gasteiger partial charge is 0.310 e. The Bertz CT molecular complexity index is 2540. The van der Waals surface area contributed by atoms with Crippen molar-refractivity contribution in [1.29, 1.82) is 0 Å². The van der Waals surface area contributed by atoms with E-state index in [-0.39, 0.29) is 5.41 Å². The van der Waals surface area contributed by atoms with Gasteiger partial charge in [-0.1, -0.05) is 148 Å². The predicted octanol–water partition coefficient (Wildman–Crippen LogP) is 15.6. The quantitative estimate of drug-likeness (QED) is 0.138. The Morgan fingerprint density at radius 3 is 1.11 bits per heavy atom. The third-order valence-electron chi connectivity index (χ3n) is 11.4. The van der Waals surface area contributed by atoms with Crippen molar-refractivity contribution in [3.8, 4) is 33.4 Å². The number of nitrogens with zero attached hydrogens (tertiary/aromatic N) is 2. The van der Waals surface area contributed by atoms with Gasteiger partial charge in [0.05, 0.1) is 0 Å². The Morgan fingerprint density at radius 1 is 0.351 bits per heavy atom. The minimum atomic E-state index is -0.235. The minimum absolute atomic E-state index is 0.235. The number of para-hydroxylation sites is 2. The lowest BCUT2D eigenvalue weighted by molar-refractivity contribution is 0.660. The smallest absolute Gasteiger partial charge is 0.0465 e. The number of hydrogen-bond acceptors (Lipinski definition) is 2. The zero-order chi connectivity index (χ0) is 38.9. The standard InChI is InChI=1S/C55H44N2/c1-5-39-15-13-17-43(35-39)41-23-27-47(28-24-41)56(45-19-9-7-10-20-45)49-31-33-51-52-34-32-50(38-54(52)55(3,4)53(51)37-49)57(46-21-11-8-12-22-46)48-29-25-42(26-30-48)44-18-14-16-40(6-2)36-44/h5-38H,1-2H2,3-4H3. The van der Waals surface area contributed by atoms with Crippen LogP contribution in [0.5, 0.6) is 0 Å². The molecule has 0 amide bonds. The molecule has 0 radical (unpaired) electrons. The number of benzene rings is 8. The molecule has 0 heterocycles. The van der Waals surface area contributed by atoms with E-state index in [1.807, 2.05) is 12.2 Å². The normalized spacial score (nSPS) is 12.3. The summed E-state index contributed by atoms with van der Waals surface area (Å²) in [5.74, 6) is 0. The van der Waals surface area contributed by atoms with Crippen LogP contribution in [0.25, 0.3) is 45.5 Å². The molecule has 0 fully saturated rings. The molecule has 0 aromatic heterocycles. The zero-order valence-electron chi connectivity index (χ0n) is 32.4. The molecule has 0 unspecified atom stereocenters. The summed E-state index contributed by atoms with van der Waals surface area (Å²) in [6.07, 6.45) is 3.79. The van der Waals surface area contributed by atoms with E-state index in [4.69, 9.17) is 0 Å². The number of hydrogen-bond donors (Lipinski definition) is 0. The molecule has 0 atom stereocenters. The van der Waals surface area contributed by atoms with Gasteiger partial charge in [0.2, 0.25) is 0 Å². The first kappa shape index (κ1) is 35.5. The molecule has 2 nitrogen and oxygen atoms in total. The Labute approximate surface area is 337 Å². The monoisotopic (exact) mass is 732 g/mol. The van der Waals surface area contributed by atoms with Crippen LogP contribution in [0, 0.1) is 0 Å². The molecule has 1 aliphatic rings. The Morgan fingerprint density at radius 2 is 0.719 bits per heavy atom. The summed E-state index contributed by atoms with van der Waals surface area (Å²) in [6, 6.07) is 70.1. The van der Waals surface area contributed by atoms with Crippen molar-refractivity contribution in [1.82, 2.24) is 0 Å². The van der Waals surface area contributed by atoms with Crippen LogP contribution in [0.15, 0.2) is 207 Å². The van der Waals surface area contributed by atoms with Gasteiger partial charge in [0.25, 0.3) is 0 Å². The molecule has 0 saturated carbocycles. The van der Waals surface area contributed by atoms with Gasteiger partial charge in [0, 0.05) is 39.5 Å². The van der Waals surface area contributed by atoms with Crippen LogP contribution in [0.3, 0.4) is 0 Å². The zero-order valence-corrected chi connectivity index (χ0v) is 32.4. The highest BCUT2D eigenvalue weighted by Crippen LogP contribution is 2.52. The Balaban J connectivity index is 1.08. The highest BCUT2D eigenvalue weighted by molar-refractivity contribution is 5.89. The maximum absolute atomic E-state index is 3.96. The van der Waals surface area contributed by atoms with Gasteiger partial charge in [0.1, 0.15) is 0 Å². The average molecular weight is 733 g/mol. The van der Waals surface area contributed by atoms with Gasteiger partial charge >= 0.3 is 0 Å². The van der Waals surface area contributed by atoms with Crippen molar-refractivity contribution in [2.45, 2.75) is 19.3 Å². The lowest BCUT2D eigenvalue weighted by Crippen LogP contribution is -2.17. The first-order valence-corrected chi connectivity index (χ1v) is 19.6. The third kappa shape index (κ3) is 6.66. The molecule has 57 heavy (non-hydrogen) atoms. The van der Waals surface area contributed by atoms with Gasteiger partial charge in [-0.15, -0.1) is 0 Å². The molecule has 8 aromatic rings. The summed E-state index contributed by atoms with van der Waals surface area (Å²) in [5, 5.41) is 0. The van der Waals surface area contributed by atoms with E-state index >= 15 is 0 Å². The molecule has 0 N–H and O–H groups in total. The van der Waals surface area contributed by atoms with E-state index in [1.165, 1.54) is 44.5 Å². The highest BCUT2D eigenvalue weighted by Gasteiger charge is 2.37. The molecule has 1 aliphatic carbocycles. The van der Waals surface area contributed by atoms with E-state index in [9.17, 15) is 0 Å². The van der Waals surface area contributed by atoms with Gasteiger partial charge in [-0.25, -0.2) is 0 Å². The molecule has 274 valence electrons. The van der Waals surface area contributed by atoms with Gasteiger partial charge in [-0.3, -0.25) is 0 Å². The molecule has 0 aliphatic heterocycles. The van der Waals surface area contributed by atoms with E-state index in [1.54, 1.807) is 0 Å². The molecule has 0 spiro atoms. The number of fused-ring (bicyclic) bond motifs is 3. The SMILES string of the molecule is C=Cc1cccc(-c2ccc(N(c3ccccc3)c3ccc4c(c3)C(C)(C)c3cc(N(c5ccccc5)c5ccc(-c6cccc(C=C)c6)cc5)ccc3-4)cc2)c1. The number of anilines is 6. The van der Waals surface area contributed by atoms with Crippen LogP contribution >= 0.6 is 0 Å². The van der Waals surface area contributed by atoms with Crippen LogP contribution in [-0.4, -0.2) is 0 Å². The second kappa shape index (κ2) is 14.8. The van der Waals surface area contributed by atoms with Gasteiger partial charge in [-0.2, -0.15) is 0 Å². The lowest BCUT2D eigenvalue weighted by Gasteiger charge is -2.29. The lowest BCUT2D eigenvalue weighted by atomic mass is 9.82. The van der Waals surface area contributed by atoms with Crippen molar-refractivity contribution < 1.29 is 0 Å². The third-order valence-corrected chi connectivity index (χ3v) is 11.4. The van der Waals surface area contributed by atoms with Crippen molar-refractivity contribution in [3.05, 3.63) is 230 Å². The van der Waals surface area contributed by atoms with Crippen molar-refractivity contribution in [2.75, 3.05) is 9.80 Å². The highest BCUT2D eigenvalue weighted by atomic mass is 15.1. The summed E-state index contributed by atoms with van der Waals surface area (Å²) in [4.78, 5) is 4.73. The first-order chi connectivity index (χ1) is 27.9. The van der Waals surface area contributed by atoms with Crippen LogP contribution in [0.1, 0.15) is 36.1 Å². The molecule has 0 saturated heterocycles. The molecule has 2 heteroatoms. The summed E-state index contributed by atoms with van der Waals surface area (Å²) >= 11 is 0.